The van der Waals surface area contributed by atoms with Crippen LogP contribution in [0.25, 0.3) is 0 Å². The van der Waals surface area contributed by atoms with Crippen LogP contribution < -0.4 is 0 Å². The first-order valence-electron chi connectivity index (χ1n) is 9.24. The van der Waals surface area contributed by atoms with Gasteiger partial charge in [-0.05, 0) is 32.1 Å². The molecule has 0 radical (unpaired) electrons. The summed E-state index contributed by atoms with van der Waals surface area (Å²) < 4.78 is 5.81. The minimum atomic E-state index is 0.228. The van der Waals surface area contributed by atoms with Gasteiger partial charge in [0.2, 0.25) is 0 Å². The summed E-state index contributed by atoms with van der Waals surface area (Å²) in [5.41, 5.74) is 1.26. The first kappa shape index (κ1) is 17.3. The molecule has 0 unspecified atom stereocenters. The van der Waals surface area contributed by atoms with Crippen LogP contribution in [0.4, 0.5) is 0 Å². The molecule has 2 aliphatic rings. The first-order valence-corrected chi connectivity index (χ1v) is 10.1. The Morgan fingerprint density at radius 3 is 2.70 bits per heavy atom. The lowest BCUT2D eigenvalue weighted by Crippen LogP contribution is -2.36. The minimum Gasteiger partial charge on any atom is -0.396 e. The topological polar surface area (TPSA) is 45.6 Å². The number of thiazole rings is 1. The zero-order chi connectivity index (χ0) is 15.9. The van der Waals surface area contributed by atoms with Gasteiger partial charge in [0.1, 0.15) is 0 Å². The molecule has 1 saturated carbocycles. The molecule has 5 heteroatoms. The summed E-state index contributed by atoms with van der Waals surface area (Å²) in [5, 5.41) is 12.5. The zero-order valence-electron chi connectivity index (χ0n) is 14.1. The maximum atomic E-state index is 8.80. The number of aliphatic hydroxyl groups is 1. The van der Waals surface area contributed by atoms with Gasteiger partial charge in [-0.1, -0.05) is 19.3 Å². The van der Waals surface area contributed by atoms with E-state index < -0.39 is 0 Å². The Balaban J connectivity index is 1.41. The summed E-state index contributed by atoms with van der Waals surface area (Å²) in [5.74, 6) is 0.730. The van der Waals surface area contributed by atoms with E-state index in [-0.39, 0.29) is 6.61 Å². The van der Waals surface area contributed by atoms with Crippen LogP contribution in [0.15, 0.2) is 5.38 Å². The summed E-state index contributed by atoms with van der Waals surface area (Å²) in [7, 11) is 0. The minimum absolute atomic E-state index is 0.228. The van der Waals surface area contributed by atoms with Crippen molar-refractivity contribution < 1.29 is 9.84 Å². The SMILES string of the molecule is OCCCOC1CCN(Cc2csc(C3CCCCC3)n2)CC1. The first-order chi connectivity index (χ1) is 11.3. The number of aromatic nitrogens is 1. The molecule has 2 fully saturated rings. The number of hydrogen-bond donors (Lipinski definition) is 1. The number of aliphatic hydroxyl groups excluding tert-OH is 1. The molecular weight excluding hydrogens is 308 g/mol. The van der Waals surface area contributed by atoms with Crippen molar-refractivity contribution >= 4 is 11.3 Å². The van der Waals surface area contributed by atoms with Crippen molar-refractivity contribution in [3.05, 3.63) is 16.1 Å². The standard InChI is InChI=1S/C18H30N2O2S/c21-11-4-12-22-17-7-9-20(10-8-17)13-16-14-23-18(19-16)15-5-2-1-3-6-15/h14-15,17,21H,1-13H2. The molecule has 0 atom stereocenters. The largest absolute Gasteiger partial charge is 0.396 e. The molecule has 1 aliphatic heterocycles. The van der Waals surface area contributed by atoms with Gasteiger partial charge in [0.15, 0.2) is 0 Å². The fourth-order valence-electron chi connectivity index (χ4n) is 3.71. The van der Waals surface area contributed by atoms with Gasteiger partial charge in [0, 0.05) is 44.1 Å². The predicted octanol–water partition coefficient (Wildman–Crippen LogP) is 3.55. The predicted molar refractivity (Wildman–Crippen MR) is 93.9 cm³/mol. The van der Waals surface area contributed by atoms with Crippen molar-refractivity contribution in [2.24, 2.45) is 0 Å². The summed E-state index contributed by atoms with van der Waals surface area (Å²) in [6.07, 6.45) is 10.2. The van der Waals surface area contributed by atoms with E-state index in [2.05, 4.69) is 10.3 Å². The van der Waals surface area contributed by atoms with Crippen molar-refractivity contribution in [1.82, 2.24) is 9.88 Å². The summed E-state index contributed by atoms with van der Waals surface area (Å²) in [6, 6.07) is 0. The molecule has 1 aliphatic carbocycles. The van der Waals surface area contributed by atoms with Crippen molar-refractivity contribution in [2.75, 3.05) is 26.3 Å². The highest BCUT2D eigenvalue weighted by Gasteiger charge is 2.22. The van der Waals surface area contributed by atoms with E-state index in [1.54, 1.807) is 0 Å². The van der Waals surface area contributed by atoms with Crippen molar-refractivity contribution in [2.45, 2.75) is 69.9 Å². The summed E-state index contributed by atoms with van der Waals surface area (Å²) in [6.45, 7) is 4.11. The Hall–Kier alpha value is -0.490. The number of rotatable bonds is 7. The molecule has 0 spiro atoms. The molecule has 0 bridgehead atoms. The van der Waals surface area contributed by atoms with Crippen LogP contribution in [0.5, 0.6) is 0 Å². The maximum Gasteiger partial charge on any atom is 0.0959 e. The molecule has 0 amide bonds. The van der Waals surface area contributed by atoms with E-state index in [0.29, 0.717) is 12.7 Å². The Kier molecular flexibility index (Phi) is 6.87. The number of ether oxygens (including phenoxy) is 1. The van der Waals surface area contributed by atoms with Gasteiger partial charge in [0.05, 0.1) is 16.8 Å². The zero-order valence-corrected chi connectivity index (χ0v) is 14.9. The Morgan fingerprint density at radius 1 is 1.17 bits per heavy atom. The lowest BCUT2D eigenvalue weighted by molar-refractivity contribution is 0.000596. The number of likely N-dealkylation sites (tertiary alicyclic amines) is 1. The average molecular weight is 339 g/mol. The van der Waals surface area contributed by atoms with Crippen molar-refractivity contribution in [1.29, 1.82) is 0 Å². The molecule has 0 aromatic carbocycles. The van der Waals surface area contributed by atoms with Gasteiger partial charge in [-0.2, -0.15) is 0 Å². The van der Waals surface area contributed by atoms with Gasteiger partial charge >= 0.3 is 0 Å². The summed E-state index contributed by atoms with van der Waals surface area (Å²) >= 11 is 1.87. The van der Waals surface area contributed by atoms with Crippen molar-refractivity contribution in [3.63, 3.8) is 0 Å². The molecule has 1 saturated heterocycles. The highest BCUT2D eigenvalue weighted by atomic mass is 32.1. The average Bonchev–Trinajstić information content (AvgIpc) is 3.06. The van der Waals surface area contributed by atoms with Crippen LogP contribution in [-0.2, 0) is 11.3 Å². The lowest BCUT2D eigenvalue weighted by atomic mass is 9.90. The molecule has 1 aromatic heterocycles. The molecule has 1 aromatic rings. The molecule has 2 heterocycles. The molecule has 1 N–H and O–H groups in total. The molecule has 4 nitrogen and oxygen atoms in total. The highest BCUT2D eigenvalue weighted by Crippen LogP contribution is 2.34. The molecule has 3 rings (SSSR count). The van der Waals surface area contributed by atoms with Crippen LogP contribution in [0, 0.1) is 0 Å². The van der Waals surface area contributed by atoms with Crippen molar-refractivity contribution in [3.8, 4) is 0 Å². The molecule has 23 heavy (non-hydrogen) atoms. The monoisotopic (exact) mass is 338 g/mol. The second kappa shape index (κ2) is 9.11. The van der Waals surface area contributed by atoms with Gasteiger partial charge in [-0.25, -0.2) is 4.98 Å². The maximum absolute atomic E-state index is 8.80. The van der Waals surface area contributed by atoms with E-state index >= 15 is 0 Å². The van der Waals surface area contributed by atoms with Crippen LogP contribution in [0.1, 0.15) is 68.0 Å². The van der Waals surface area contributed by atoms with E-state index in [1.165, 1.54) is 42.8 Å². The van der Waals surface area contributed by atoms with Crippen LogP contribution in [-0.4, -0.2) is 47.4 Å². The number of hydrogen-bond acceptors (Lipinski definition) is 5. The van der Waals surface area contributed by atoms with Gasteiger partial charge in [-0.3, -0.25) is 4.90 Å². The molecule has 130 valence electrons. The third-order valence-corrected chi connectivity index (χ3v) is 6.16. The fraction of sp³-hybridized carbons (Fsp3) is 0.833. The summed E-state index contributed by atoms with van der Waals surface area (Å²) in [4.78, 5) is 7.43. The lowest BCUT2D eigenvalue weighted by Gasteiger charge is -2.31. The van der Waals surface area contributed by atoms with E-state index in [1.807, 2.05) is 11.3 Å². The highest BCUT2D eigenvalue weighted by molar-refractivity contribution is 7.09. The normalized spacial score (nSPS) is 21.8. The van der Waals surface area contributed by atoms with Crippen LogP contribution >= 0.6 is 11.3 Å². The fourth-order valence-corrected chi connectivity index (χ4v) is 4.69. The van der Waals surface area contributed by atoms with Crippen LogP contribution in [0.2, 0.25) is 0 Å². The van der Waals surface area contributed by atoms with Gasteiger partial charge in [-0.15, -0.1) is 11.3 Å². The van der Waals surface area contributed by atoms with Gasteiger partial charge < -0.3 is 9.84 Å². The second-order valence-corrected chi connectivity index (χ2v) is 7.83. The Morgan fingerprint density at radius 2 is 1.96 bits per heavy atom. The Bertz CT molecular complexity index is 452. The number of nitrogens with zero attached hydrogens (tertiary/aromatic N) is 2. The number of piperidine rings is 1. The third-order valence-electron chi connectivity index (χ3n) is 5.10. The van der Waals surface area contributed by atoms with E-state index in [0.717, 1.165) is 44.8 Å². The van der Waals surface area contributed by atoms with E-state index in [9.17, 15) is 0 Å². The van der Waals surface area contributed by atoms with E-state index in [4.69, 9.17) is 14.8 Å². The third kappa shape index (κ3) is 5.24. The smallest absolute Gasteiger partial charge is 0.0959 e. The molecular formula is C18H30N2O2S. The van der Waals surface area contributed by atoms with Crippen LogP contribution in [0.3, 0.4) is 0 Å². The van der Waals surface area contributed by atoms with Gasteiger partial charge in [0.25, 0.3) is 0 Å². The quantitative estimate of drug-likeness (QED) is 0.772. The second-order valence-electron chi connectivity index (χ2n) is 6.94. The Labute approximate surface area is 143 Å².